The van der Waals surface area contributed by atoms with E-state index in [1.54, 1.807) is 0 Å². The van der Waals surface area contributed by atoms with Crippen LogP contribution in [0.1, 0.15) is 53.1 Å². The first-order valence-electron chi connectivity index (χ1n) is 7.84. The molecular formula is C20H27P. The smallest absolute Gasteiger partial charge is 0.0349 e. The quantitative estimate of drug-likeness (QED) is 0.622. The van der Waals surface area contributed by atoms with Gasteiger partial charge in [-0.15, -0.1) is 9.24 Å². The number of rotatable bonds is 4. The van der Waals surface area contributed by atoms with E-state index in [0.717, 1.165) is 6.42 Å². The van der Waals surface area contributed by atoms with E-state index in [2.05, 4.69) is 80.3 Å². The Morgan fingerprint density at radius 3 is 1.62 bits per heavy atom. The van der Waals surface area contributed by atoms with E-state index in [1.165, 1.54) is 39.8 Å². The molecule has 21 heavy (non-hydrogen) atoms. The summed E-state index contributed by atoms with van der Waals surface area (Å²) < 4.78 is 0. The van der Waals surface area contributed by atoms with Crippen LogP contribution in [0.3, 0.4) is 0 Å². The molecule has 0 fully saturated rings. The molecule has 2 aromatic carbocycles. The van der Waals surface area contributed by atoms with Crippen LogP contribution in [0, 0.1) is 27.7 Å². The summed E-state index contributed by atoms with van der Waals surface area (Å²) in [5, 5.41) is 0.0148. The van der Waals surface area contributed by atoms with Crippen LogP contribution in [-0.4, -0.2) is 0 Å². The Hall–Kier alpha value is -1.13. The summed E-state index contributed by atoms with van der Waals surface area (Å²) in [5.74, 6) is 0. The van der Waals surface area contributed by atoms with Gasteiger partial charge in [-0.25, -0.2) is 0 Å². The van der Waals surface area contributed by atoms with Gasteiger partial charge >= 0.3 is 0 Å². The molecule has 0 spiro atoms. The molecule has 1 unspecified atom stereocenters. The van der Waals surface area contributed by atoms with Crippen LogP contribution in [0.15, 0.2) is 36.4 Å². The van der Waals surface area contributed by atoms with Crippen molar-refractivity contribution >= 4 is 9.24 Å². The summed E-state index contributed by atoms with van der Waals surface area (Å²) in [6.07, 6.45) is 2.32. The van der Waals surface area contributed by atoms with Gasteiger partial charge in [-0.05, 0) is 67.5 Å². The zero-order valence-corrected chi connectivity index (χ0v) is 15.1. The molecule has 0 amide bonds. The molecule has 0 nitrogen and oxygen atoms in total. The van der Waals surface area contributed by atoms with Gasteiger partial charge in [0.2, 0.25) is 0 Å². The van der Waals surface area contributed by atoms with Gasteiger partial charge in [0.1, 0.15) is 0 Å². The third kappa shape index (κ3) is 2.92. The largest absolute Gasteiger partial charge is 0.122 e. The highest BCUT2D eigenvalue weighted by Gasteiger charge is 2.31. The van der Waals surface area contributed by atoms with E-state index < -0.39 is 0 Å². The van der Waals surface area contributed by atoms with Crippen molar-refractivity contribution in [3.8, 4) is 0 Å². The molecule has 0 radical (unpaired) electrons. The molecule has 2 rings (SSSR count). The molecule has 112 valence electrons. The van der Waals surface area contributed by atoms with Crippen molar-refractivity contribution in [3.05, 3.63) is 69.8 Å². The first-order valence-corrected chi connectivity index (χ1v) is 8.41. The van der Waals surface area contributed by atoms with Crippen molar-refractivity contribution in [1.82, 2.24) is 0 Å². The molecule has 0 aliphatic rings. The fourth-order valence-electron chi connectivity index (χ4n) is 3.28. The lowest BCUT2D eigenvalue weighted by atomic mass is 9.80. The summed E-state index contributed by atoms with van der Waals surface area (Å²) >= 11 is 0. The van der Waals surface area contributed by atoms with Crippen molar-refractivity contribution in [1.29, 1.82) is 0 Å². The van der Waals surface area contributed by atoms with E-state index in [4.69, 9.17) is 0 Å². The van der Waals surface area contributed by atoms with E-state index in [-0.39, 0.29) is 5.16 Å². The fourth-order valence-corrected chi connectivity index (χ4v) is 4.19. The van der Waals surface area contributed by atoms with Gasteiger partial charge < -0.3 is 0 Å². The average molecular weight is 298 g/mol. The van der Waals surface area contributed by atoms with Gasteiger partial charge in [0.05, 0.1) is 0 Å². The van der Waals surface area contributed by atoms with Crippen molar-refractivity contribution in [2.24, 2.45) is 0 Å². The Bertz CT molecular complexity index is 589. The SMILES string of the molecule is CCCC(P)(c1cccc(C)c1C)c1cccc(C)c1C. The second kappa shape index (κ2) is 6.32. The van der Waals surface area contributed by atoms with Crippen molar-refractivity contribution in [2.75, 3.05) is 0 Å². The Morgan fingerprint density at radius 2 is 1.24 bits per heavy atom. The molecule has 2 aromatic rings. The molecular weight excluding hydrogens is 271 g/mol. The van der Waals surface area contributed by atoms with E-state index >= 15 is 0 Å². The number of aryl methyl sites for hydroxylation is 2. The number of benzene rings is 2. The van der Waals surface area contributed by atoms with Gasteiger partial charge in [0.25, 0.3) is 0 Å². The summed E-state index contributed by atoms with van der Waals surface area (Å²) in [6.45, 7) is 11.2. The predicted octanol–water partition coefficient (Wildman–Crippen LogP) is 5.84. The van der Waals surface area contributed by atoms with E-state index in [9.17, 15) is 0 Å². The molecule has 1 heteroatoms. The summed E-state index contributed by atoms with van der Waals surface area (Å²) in [5.41, 5.74) is 8.48. The number of hydrogen-bond donors (Lipinski definition) is 0. The highest BCUT2D eigenvalue weighted by Crippen LogP contribution is 2.46. The maximum atomic E-state index is 3.18. The van der Waals surface area contributed by atoms with Crippen LogP contribution < -0.4 is 0 Å². The minimum absolute atomic E-state index is 0.0148. The molecule has 0 heterocycles. The van der Waals surface area contributed by atoms with Crippen LogP contribution in [0.4, 0.5) is 0 Å². The second-order valence-corrected chi connectivity index (χ2v) is 7.20. The molecule has 0 aromatic heterocycles. The van der Waals surface area contributed by atoms with E-state index in [1.807, 2.05) is 0 Å². The lowest BCUT2D eigenvalue weighted by molar-refractivity contribution is 0.637. The monoisotopic (exact) mass is 298 g/mol. The second-order valence-electron chi connectivity index (χ2n) is 6.22. The predicted molar refractivity (Wildman–Crippen MR) is 97.2 cm³/mol. The van der Waals surface area contributed by atoms with Gasteiger partial charge in [-0.1, -0.05) is 49.7 Å². The van der Waals surface area contributed by atoms with Crippen LogP contribution in [0.2, 0.25) is 0 Å². The molecule has 0 saturated heterocycles. The third-order valence-electron chi connectivity index (χ3n) is 4.81. The van der Waals surface area contributed by atoms with Crippen LogP contribution in [0.25, 0.3) is 0 Å². The Labute approximate surface area is 132 Å². The number of hydrogen-bond acceptors (Lipinski definition) is 0. The lowest BCUT2D eigenvalue weighted by Gasteiger charge is -2.34. The van der Waals surface area contributed by atoms with Crippen LogP contribution in [0.5, 0.6) is 0 Å². The molecule has 0 aliphatic heterocycles. The fraction of sp³-hybridized carbons (Fsp3) is 0.400. The molecule has 1 atom stereocenters. The lowest BCUT2D eigenvalue weighted by Crippen LogP contribution is -2.23. The average Bonchev–Trinajstić information content (AvgIpc) is 2.45. The summed E-state index contributed by atoms with van der Waals surface area (Å²) in [4.78, 5) is 0. The van der Waals surface area contributed by atoms with Crippen molar-refractivity contribution < 1.29 is 0 Å². The molecule has 0 saturated carbocycles. The summed E-state index contributed by atoms with van der Waals surface area (Å²) in [6, 6.07) is 13.4. The van der Waals surface area contributed by atoms with Crippen LogP contribution >= 0.6 is 9.24 Å². The highest BCUT2D eigenvalue weighted by molar-refractivity contribution is 7.19. The van der Waals surface area contributed by atoms with Gasteiger partial charge in [-0.2, -0.15) is 0 Å². The Kier molecular flexibility index (Phi) is 4.89. The molecule has 0 bridgehead atoms. The standard InChI is InChI=1S/C20H27P/c1-6-13-20(21,18-11-7-9-14(2)16(18)4)19-12-8-10-15(3)17(19)5/h7-12H,6,13,21H2,1-5H3. The summed E-state index contributed by atoms with van der Waals surface area (Å²) in [7, 11) is 3.18. The zero-order valence-electron chi connectivity index (χ0n) is 14.0. The van der Waals surface area contributed by atoms with Crippen LogP contribution in [-0.2, 0) is 5.16 Å². The van der Waals surface area contributed by atoms with Gasteiger partial charge in [0.15, 0.2) is 0 Å². The normalized spacial score (nSPS) is 11.7. The third-order valence-corrected chi connectivity index (χ3v) is 5.73. The Balaban J connectivity index is 2.71. The maximum absolute atomic E-state index is 3.18. The Morgan fingerprint density at radius 1 is 0.810 bits per heavy atom. The molecule has 0 aliphatic carbocycles. The first kappa shape index (κ1) is 16.2. The zero-order chi connectivity index (χ0) is 15.6. The van der Waals surface area contributed by atoms with Crippen molar-refractivity contribution in [3.63, 3.8) is 0 Å². The topological polar surface area (TPSA) is 0 Å². The minimum atomic E-state index is 0.0148. The highest BCUT2D eigenvalue weighted by atomic mass is 31.0. The molecule has 0 N–H and O–H groups in total. The van der Waals surface area contributed by atoms with E-state index in [0.29, 0.717) is 0 Å². The maximum Gasteiger partial charge on any atom is 0.0349 e. The first-order chi connectivity index (χ1) is 9.91. The van der Waals surface area contributed by atoms with Crippen molar-refractivity contribution in [2.45, 2.75) is 52.6 Å². The minimum Gasteiger partial charge on any atom is -0.122 e. The van der Waals surface area contributed by atoms with Gasteiger partial charge in [0, 0.05) is 5.16 Å². The van der Waals surface area contributed by atoms with Gasteiger partial charge in [-0.3, -0.25) is 0 Å².